The van der Waals surface area contributed by atoms with Gasteiger partial charge in [0.25, 0.3) is 0 Å². The number of thiazole rings is 1. The molecule has 0 fully saturated rings. The Bertz CT molecular complexity index is 890. The monoisotopic (exact) mass is 357 g/mol. The van der Waals surface area contributed by atoms with Gasteiger partial charge in [-0.15, -0.1) is 11.3 Å². The van der Waals surface area contributed by atoms with E-state index >= 15 is 0 Å². The van der Waals surface area contributed by atoms with Crippen LogP contribution in [-0.2, 0) is 13.0 Å². The number of para-hydroxylation sites is 1. The summed E-state index contributed by atoms with van der Waals surface area (Å²) in [6.45, 7) is 2.16. The average Bonchev–Trinajstić information content (AvgIpc) is 3.06. The van der Waals surface area contributed by atoms with Crippen LogP contribution in [0.5, 0.6) is 5.75 Å². The molecule has 2 aromatic carbocycles. The van der Waals surface area contributed by atoms with Crippen LogP contribution in [0.1, 0.15) is 27.9 Å². The molecule has 25 heavy (non-hydrogen) atoms. The van der Waals surface area contributed by atoms with Crippen LogP contribution in [0.25, 0.3) is 10.6 Å². The van der Waals surface area contributed by atoms with Crippen LogP contribution >= 0.6 is 11.3 Å². The minimum absolute atomic E-state index is 0.255. The molecule has 1 heterocycles. The number of benzene rings is 2. The number of aryl methyl sites for hydroxylation is 1. The highest BCUT2D eigenvalue weighted by molar-refractivity contribution is 7.17. The Morgan fingerprint density at radius 1 is 1.20 bits per heavy atom. The maximum atomic E-state index is 13.0. The van der Waals surface area contributed by atoms with Crippen molar-refractivity contribution in [1.82, 2.24) is 4.98 Å². The molecule has 6 heteroatoms. The van der Waals surface area contributed by atoms with Gasteiger partial charge in [-0.25, -0.2) is 14.2 Å². The summed E-state index contributed by atoms with van der Waals surface area (Å²) in [5.41, 5.74) is 2.16. The highest BCUT2D eigenvalue weighted by Gasteiger charge is 2.18. The summed E-state index contributed by atoms with van der Waals surface area (Å²) in [7, 11) is 0. The van der Waals surface area contributed by atoms with Gasteiger partial charge >= 0.3 is 5.97 Å². The van der Waals surface area contributed by atoms with Crippen molar-refractivity contribution in [3.8, 4) is 16.3 Å². The fourth-order valence-corrected chi connectivity index (χ4v) is 3.41. The van der Waals surface area contributed by atoms with E-state index in [9.17, 15) is 14.3 Å². The second-order valence-corrected chi connectivity index (χ2v) is 6.36. The smallest absolute Gasteiger partial charge is 0.347 e. The van der Waals surface area contributed by atoms with E-state index in [4.69, 9.17) is 4.74 Å². The lowest BCUT2D eigenvalue weighted by molar-refractivity contribution is 0.0701. The molecule has 0 spiro atoms. The first-order valence-electron chi connectivity index (χ1n) is 7.78. The Morgan fingerprint density at radius 2 is 1.92 bits per heavy atom. The Balaban J connectivity index is 1.88. The van der Waals surface area contributed by atoms with E-state index in [0.717, 1.165) is 22.5 Å². The first-order chi connectivity index (χ1) is 12.1. The fourth-order valence-electron chi connectivity index (χ4n) is 2.38. The van der Waals surface area contributed by atoms with Crippen molar-refractivity contribution in [3.05, 3.63) is 70.5 Å². The van der Waals surface area contributed by atoms with Crippen LogP contribution < -0.4 is 4.74 Å². The van der Waals surface area contributed by atoms with E-state index in [1.54, 1.807) is 12.1 Å². The zero-order valence-corrected chi connectivity index (χ0v) is 14.3. The van der Waals surface area contributed by atoms with Gasteiger partial charge in [-0.05, 0) is 36.2 Å². The molecule has 0 saturated carbocycles. The maximum Gasteiger partial charge on any atom is 0.347 e. The lowest BCUT2D eigenvalue weighted by atomic mass is 10.2. The molecule has 0 aliphatic rings. The Kier molecular flexibility index (Phi) is 5.09. The van der Waals surface area contributed by atoms with Crippen molar-refractivity contribution in [2.75, 3.05) is 0 Å². The molecular formula is C19H16FNO3S. The van der Waals surface area contributed by atoms with E-state index in [1.165, 1.54) is 12.1 Å². The minimum atomic E-state index is -0.967. The number of rotatable bonds is 6. The van der Waals surface area contributed by atoms with Crippen molar-refractivity contribution in [3.63, 3.8) is 0 Å². The largest absolute Gasteiger partial charge is 0.488 e. The summed E-state index contributed by atoms with van der Waals surface area (Å²) in [6, 6.07) is 13.5. The molecule has 0 aliphatic carbocycles. The number of ether oxygens (including phenoxy) is 1. The van der Waals surface area contributed by atoms with Gasteiger partial charge in [0.2, 0.25) is 0 Å². The van der Waals surface area contributed by atoms with E-state index in [0.29, 0.717) is 22.9 Å². The van der Waals surface area contributed by atoms with E-state index in [-0.39, 0.29) is 17.3 Å². The zero-order chi connectivity index (χ0) is 17.8. The number of hydrogen-bond donors (Lipinski definition) is 1. The van der Waals surface area contributed by atoms with Gasteiger partial charge in [-0.2, -0.15) is 0 Å². The van der Waals surface area contributed by atoms with Crippen molar-refractivity contribution in [2.24, 2.45) is 0 Å². The van der Waals surface area contributed by atoms with Gasteiger partial charge in [0.1, 0.15) is 28.1 Å². The van der Waals surface area contributed by atoms with Crippen LogP contribution in [0.3, 0.4) is 0 Å². The third-order valence-corrected chi connectivity index (χ3v) is 4.77. The van der Waals surface area contributed by atoms with Crippen molar-refractivity contribution in [2.45, 2.75) is 20.0 Å². The molecule has 128 valence electrons. The number of carbonyl (C=O) groups is 1. The molecule has 0 saturated heterocycles. The summed E-state index contributed by atoms with van der Waals surface area (Å²) in [5.74, 6) is -0.647. The van der Waals surface area contributed by atoms with Gasteiger partial charge < -0.3 is 9.84 Å². The summed E-state index contributed by atoms with van der Waals surface area (Å²) in [6.07, 6.45) is 0.552. The predicted molar refractivity (Wildman–Crippen MR) is 94.6 cm³/mol. The Labute approximate surface area is 148 Å². The summed E-state index contributed by atoms with van der Waals surface area (Å²) in [4.78, 5) is 16.1. The number of hydrogen-bond acceptors (Lipinski definition) is 4. The van der Waals surface area contributed by atoms with Crippen LogP contribution in [0, 0.1) is 5.82 Å². The van der Waals surface area contributed by atoms with E-state index in [1.807, 2.05) is 31.2 Å². The molecule has 0 amide bonds. The number of halogens is 1. The van der Waals surface area contributed by atoms with Gasteiger partial charge in [0, 0.05) is 0 Å². The van der Waals surface area contributed by atoms with Crippen LogP contribution in [0.15, 0.2) is 48.5 Å². The average molecular weight is 357 g/mol. The van der Waals surface area contributed by atoms with Crippen LogP contribution in [-0.4, -0.2) is 16.1 Å². The minimum Gasteiger partial charge on any atom is -0.488 e. The second kappa shape index (κ2) is 7.44. The summed E-state index contributed by atoms with van der Waals surface area (Å²) < 4.78 is 18.8. The van der Waals surface area contributed by atoms with Crippen molar-refractivity contribution < 1.29 is 19.0 Å². The lowest BCUT2D eigenvalue weighted by Gasteiger charge is -2.10. The number of aromatic carboxylic acids is 1. The second-order valence-electron chi connectivity index (χ2n) is 5.36. The first kappa shape index (κ1) is 17.1. The van der Waals surface area contributed by atoms with Gasteiger partial charge in [0.15, 0.2) is 0 Å². The highest BCUT2D eigenvalue weighted by atomic mass is 32.1. The molecule has 3 rings (SSSR count). The van der Waals surface area contributed by atoms with Crippen LogP contribution in [0.2, 0.25) is 0 Å². The third-order valence-electron chi connectivity index (χ3n) is 3.65. The van der Waals surface area contributed by atoms with Crippen LogP contribution in [0.4, 0.5) is 4.39 Å². The predicted octanol–water partition coefficient (Wildman–Crippen LogP) is 4.79. The van der Waals surface area contributed by atoms with E-state index < -0.39 is 5.97 Å². The standard InChI is InChI=1S/C19H16FNO3S/c1-2-15-17(19(22)23)25-18(21-15)14-5-3-4-6-16(14)24-11-12-7-9-13(20)10-8-12/h3-10H,2,11H2,1H3,(H,22,23). The fraction of sp³-hybridized carbons (Fsp3) is 0.158. The molecule has 1 N–H and O–H groups in total. The van der Waals surface area contributed by atoms with Gasteiger partial charge in [-0.1, -0.05) is 31.2 Å². The zero-order valence-electron chi connectivity index (χ0n) is 13.5. The lowest BCUT2D eigenvalue weighted by Crippen LogP contribution is -1.97. The topological polar surface area (TPSA) is 59.4 Å². The number of nitrogens with zero attached hydrogens (tertiary/aromatic N) is 1. The molecule has 0 unspecified atom stereocenters. The first-order valence-corrected chi connectivity index (χ1v) is 8.59. The van der Waals surface area contributed by atoms with E-state index in [2.05, 4.69) is 4.98 Å². The highest BCUT2D eigenvalue weighted by Crippen LogP contribution is 2.35. The molecule has 3 aromatic rings. The Hall–Kier alpha value is -2.73. The molecular weight excluding hydrogens is 341 g/mol. The molecule has 1 aromatic heterocycles. The normalized spacial score (nSPS) is 10.6. The van der Waals surface area contributed by atoms with Crippen molar-refractivity contribution >= 4 is 17.3 Å². The third kappa shape index (κ3) is 3.85. The van der Waals surface area contributed by atoms with Gasteiger partial charge in [0.05, 0.1) is 11.3 Å². The Morgan fingerprint density at radius 3 is 2.56 bits per heavy atom. The maximum absolute atomic E-state index is 13.0. The van der Waals surface area contributed by atoms with Gasteiger partial charge in [-0.3, -0.25) is 0 Å². The SMILES string of the molecule is CCc1nc(-c2ccccc2OCc2ccc(F)cc2)sc1C(=O)O. The number of aromatic nitrogens is 1. The quantitative estimate of drug-likeness (QED) is 0.689. The number of carboxylic acids is 1. The molecule has 0 bridgehead atoms. The molecule has 0 atom stereocenters. The molecule has 0 radical (unpaired) electrons. The summed E-state index contributed by atoms with van der Waals surface area (Å²) >= 11 is 1.14. The molecule has 0 aliphatic heterocycles. The molecule has 4 nitrogen and oxygen atoms in total. The number of carboxylic acid groups (broad SMARTS) is 1. The van der Waals surface area contributed by atoms with Crippen molar-refractivity contribution in [1.29, 1.82) is 0 Å². The summed E-state index contributed by atoms with van der Waals surface area (Å²) in [5, 5.41) is 9.92.